The molecule has 0 rings (SSSR count). The fourth-order valence-electron chi connectivity index (χ4n) is 1.68. The fourth-order valence-corrected chi connectivity index (χ4v) is 1.68. The molecule has 0 aliphatic carbocycles. The Kier molecular flexibility index (Phi) is 8.78. The highest BCUT2D eigenvalue weighted by Gasteiger charge is 2.05. The third kappa shape index (κ3) is 8.13. The van der Waals surface area contributed by atoms with Crippen molar-refractivity contribution in [2.75, 3.05) is 0 Å². The molecular formula is C13H25N. The van der Waals surface area contributed by atoms with Crippen LogP contribution in [0.3, 0.4) is 0 Å². The second kappa shape index (κ2) is 9.09. The Bertz CT molecular complexity index is 157. The van der Waals surface area contributed by atoms with E-state index in [4.69, 9.17) is 6.42 Å². The molecular weight excluding hydrogens is 170 g/mol. The minimum Gasteiger partial charge on any atom is -0.311 e. The van der Waals surface area contributed by atoms with Crippen LogP contribution in [0.2, 0.25) is 0 Å². The average Bonchev–Trinajstić information content (AvgIpc) is 2.13. The molecule has 1 heteroatoms. The van der Waals surface area contributed by atoms with Crippen molar-refractivity contribution in [1.82, 2.24) is 5.32 Å². The Balaban J connectivity index is 3.36. The van der Waals surface area contributed by atoms with E-state index in [1.54, 1.807) is 0 Å². The molecule has 2 atom stereocenters. The Labute approximate surface area is 89.7 Å². The summed E-state index contributed by atoms with van der Waals surface area (Å²) in [5.41, 5.74) is 0. The molecule has 0 aromatic heterocycles. The van der Waals surface area contributed by atoms with Crippen molar-refractivity contribution in [2.24, 2.45) is 0 Å². The summed E-state index contributed by atoms with van der Waals surface area (Å²) in [7, 11) is 0. The van der Waals surface area contributed by atoms with Crippen LogP contribution in [-0.2, 0) is 0 Å². The van der Waals surface area contributed by atoms with Crippen molar-refractivity contribution in [2.45, 2.75) is 71.4 Å². The molecule has 0 radical (unpaired) electrons. The zero-order valence-corrected chi connectivity index (χ0v) is 9.97. The van der Waals surface area contributed by atoms with Gasteiger partial charge in [0.1, 0.15) is 0 Å². The quantitative estimate of drug-likeness (QED) is 0.462. The van der Waals surface area contributed by atoms with Crippen LogP contribution in [0.5, 0.6) is 0 Å². The molecule has 0 aliphatic rings. The number of rotatable bonds is 8. The monoisotopic (exact) mass is 195 g/mol. The zero-order chi connectivity index (χ0) is 10.8. The molecule has 1 nitrogen and oxygen atoms in total. The third-order valence-electron chi connectivity index (χ3n) is 2.48. The topological polar surface area (TPSA) is 12.0 Å². The molecule has 0 bridgehead atoms. The summed E-state index contributed by atoms with van der Waals surface area (Å²) in [4.78, 5) is 0. The standard InChI is InChI=1S/C13H25N/c1-5-7-8-9-11-13(4)14-12(3)10-6-2/h2,12-14H,5,7-11H2,1,3-4H3. The van der Waals surface area contributed by atoms with E-state index >= 15 is 0 Å². The average molecular weight is 195 g/mol. The van der Waals surface area contributed by atoms with Gasteiger partial charge in [-0.3, -0.25) is 0 Å². The molecule has 82 valence electrons. The lowest BCUT2D eigenvalue weighted by Crippen LogP contribution is -2.34. The highest BCUT2D eigenvalue weighted by Crippen LogP contribution is 2.06. The predicted molar refractivity (Wildman–Crippen MR) is 64.3 cm³/mol. The zero-order valence-electron chi connectivity index (χ0n) is 9.97. The van der Waals surface area contributed by atoms with E-state index in [1.807, 2.05) is 0 Å². The highest BCUT2D eigenvalue weighted by atomic mass is 14.9. The SMILES string of the molecule is C#CCC(C)NC(C)CCCCCC. The molecule has 0 aromatic rings. The van der Waals surface area contributed by atoms with Crippen molar-refractivity contribution < 1.29 is 0 Å². The maximum atomic E-state index is 5.25. The first-order valence-electron chi connectivity index (χ1n) is 5.90. The van der Waals surface area contributed by atoms with E-state index in [0.717, 1.165) is 6.42 Å². The molecule has 0 aromatic carbocycles. The molecule has 0 heterocycles. The van der Waals surface area contributed by atoms with Crippen LogP contribution in [0.25, 0.3) is 0 Å². The largest absolute Gasteiger partial charge is 0.311 e. The summed E-state index contributed by atoms with van der Waals surface area (Å²) in [6.45, 7) is 6.65. The van der Waals surface area contributed by atoms with E-state index in [-0.39, 0.29) is 0 Å². The molecule has 0 saturated carbocycles. The molecule has 14 heavy (non-hydrogen) atoms. The maximum Gasteiger partial charge on any atom is 0.0238 e. The van der Waals surface area contributed by atoms with Gasteiger partial charge >= 0.3 is 0 Å². The van der Waals surface area contributed by atoms with Crippen LogP contribution >= 0.6 is 0 Å². The second-order valence-electron chi connectivity index (χ2n) is 4.23. The van der Waals surface area contributed by atoms with Crippen molar-refractivity contribution in [3.05, 3.63) is 0 Å². The van der Waals surface area contributed by atoms with Crippen LogP contribution in [0.1, 0.15) is 59.3 Å². The van der Waals surface area contributed by atoms with Gasteiger partial charge in [0.05, 0.1) is 0 Å². The van der Waals surface area contributed by atoms with Gasteiger partial charge in [-0.15, -0.1) is 12.3 Å². The molecule has 1 N–H and O–H groups in total. The number of terminal acetylenes is 1. The van der Waals surface area contributed by atoms with E-state index in [0.29, 0.717) is 12.1 Å². The lowest BCUT2D eigenvalue weighted by molar-refractivity contribution is 0.434. The Morgan fingerprint density at radius 2 is 1.86 bits per heavy atom. The summed E-state index contributed by atoms with van der Waals surface area (Å²) in [6.07, 6.45) is 12.7. The van der Waals surface area contributed by atoms with Gasteiger partial charge in [-0.2, -0.15) is 0 Å². The van der Waals surface area contributed by atoms with Crippen LogP contribution < -0.4 is 5.32 Å². The second-order valence-corrected chi connectivity index (χ2v) is 4.23. The van der Waals surface area contributed by atoms with Crippen LogP contribution in [0.4, 0.5) is 0 Å². The van der Waals surface area contributed by atoms with Gasteiger partial charge in [0.25, 0.3) is 0 Å². The number of unbranched alkanes of at least 4 members (excludes halogenated alkanes) is 3. The van der Waals surface area contributed by atoms with Gasteiger partial charge < -0.3 is 5.32 Å². The fraction of sp³-hybridized carbons (Fsp3) is 0.846. The van der Waals surface area contributed by atoms with Gasteiger partial charge in [-0.25, -0.2) is 0 Å². The lowest BCUT2D eigenvalue weighted by Gasteiger charge is -2.18. The smallest absolute Gasteiger partial charge is 0.0238 e. The van der Waals surface area contributed by atoms with Crippen molar-refractivity contribution in [1.29, 1.82) is 0 Å². The normalized spacial score (nSPS) is 14.7. The van der Waals surface area contributed by atoms with E-state index < -0.39 is 0 Å². The van der Waals surface area contributed by atoms with Gasteiger partial charge in [0.2, 0.25) is 0 Å². The molecule has 2 unspecified atom stereocenters. The highest BCUT2D eigenvalue weighted by molar-refractivity contribution is 4.88. The molecule has 0 spiro atoms. The van der Waals surface area contributed by atoms with Crippen LogP contribution in [0.15, 0.2) is 0 Å². The van der Waals surface area contributed by atoms with Crippen molar-refractivity contribution in [3.63, 3.8) is 0 Å². The van der Waals surface area contributed by atoms with E-state index in [1.165, 1.54) is 32.1 Å². The number of hydrogen-bond donors (Lipinski definition) is 1. The van der Waals surface area contributed by atoms with Crippen molar-refractivity contribution in [3.8, 4) is 12.3 Å². The van der Waals surface area contributed by atoms with Crippen LogP contribution in [0, 0.1) is 12.3 Å². The first-order valence-corrected chi connectivity index (χ1v) is 5.90. The van der Waals surface area contributed by atoms with Crippen LogP contribution in [-0.4, -0.2) is 12.1 Å². The van der Waals surface area contributed by atoms with Gasteiger partial charge in [-0.05, 0) is 20.3 Å². The molecule has 0 fully saturated rings. The summed E-state index contributed by atoms with van der Waals surface area (Å²) in [6, 6.07) is 1.07. The van der Waals surface area contributed by atoms with Gasteiger partial charge in [-0.1, -0.05) is 32.6 Å². The predicted octanol–water partition coefficient (Wildman–Crippen LogP) is 3.35. The summed E-state index contributed by atoms with van der Waals surface area (Å²) >= 11 is 0. The van der Waals surface area contributed by atoms with E-state index in [2.05, 4.69) is 32.0 Å². The Morgan fingerprint density at radius 1 is 1.14 bits per heavy atom. The molecule has 0 aliphatic heterocycles. The first-order chi connectivity index (χ1) is 6.70. The first kappa shape index (κ1) is 13.5. The Hall–Kier alpha value is -0.480. The third-order valence-corrected chi connectivity index (χ3v) is 2.48. The number of nitrogens with one attached hydrogen (secondary N) is 1. The minimum atomic E-state index is 0.459. The van der Waals surface area contributed by atoms with Crippen molar-refractivity contribution >= 4 is 0 Å². The summed E-state index contributed by atoms with van der Waals surface area (Å²) < 4.78 is 0. The van der Waals surface area contributed by atoms with Gasteiger partial charge in [0.15, 0.2) is 0 Å². The lowest BCUT2D eigenvalue weighted by atomic mass is 10.1. The van der Waals surface area contributed by atoms with Gasteiger partial charge in [0, 0.05) is 18.5 Å². The van der Waals surface area contributed by atoms with E-state index in [9.17, 15) is 0 Å². The summed E-state index contributed by atoms with van der Waals surface area (Å²) in [5.74, 6) is 2.69. The molecule has 0 amide bonds. The minimum absolute atomic E-state index is 0.459. The summed E-state index contributed by atoms with van der Waals surface area (Å²) in [5, 5.41) is 3.52. The number of hydrogen-bond acceptors (Lipinski definition) is 1. The maximum absolute atomic E-state index is 5.25. The Morgan fingerprint density at radius 3 is 2.43 bits per heavy atom. The molecule has 0 saturated heterocycles.